The van der Waals surface area contributed by atoms with Crippen LogP contribution in [0.3, 0.4) is 0 Å². The molecule has 3 N–H and O–H groups in total. The Morgan fingerprint density at radius 3 is 2.83 bits per heavy atom. The Hall–Kier alpha value is -1.33. The summed E-state index contributed by atoms with van der Waals surface area (Å²) in [7, 11) is 1.71. The highest BCUT2D eigenvalue weighted by atomic mass is 16.5. The molecular formula is C13H22N2O3. The Bertz CT molecular complexity index is 374. The van der Waals surface area contributed by atoms with Gasteiger partial charge in [-0.05, 0) is 38.8 Å². The number of methoxy groups -OCH3 is 1. The van der Waals surface area contributed by atoms with Crippen LogP contribution in [0.1, 0.15) is 41.0 Å². The summed E-state index contributed by atoms with van der Waals surface area (Å²) in [6.07, 6.45) is 3.34. The van der Waals surface area contributed by atoms with E-state index in [0.29, 0.717) is 17.8 Å². The van der Waals surface area contributed by atoms with Gasteiger partial charge in [0.1, 0.15) is 0 Å². The number of aromatic amines is 1. The van der Waals surface area contributed by atoms with Crippen LogP contribution < -0.4 is 5.32 Å². The molecular weight excluding hydrogens is 232 g/mol. The minimum atomic E-state index is -0.880. The molecule has 5 heteroatoms. The van der Waals surface area contributed by atoms with E-state index in [2.05, 4.69) is 10.3 Å². The van der Waals surface area contributed by atoms with Crippen LogP contribution >= 0.6 is 0 Å². The van der Waals surface area contributed by atoms with Crippen LogP contribution in [0.25, 0.3) is 0 Å². The number of hydrogen-bond acceptors (Lipinski definition) is 3. The van der Waals surface area contributed by atoms with Crippen LogP contribution in [0.5, 0.6) is 0 Å². The van der Waals surface area contributed by atoms with E-state index in [1.54, 1.807) is 20.1 Å². The van der Waals surface area contributed by atoms with Crippen LogP contribution in [-0.4, -0.2) is 36.3 Å². The number of aryl methyl sites for hydroxylation is 1. The Morgan fingerprint density at radius 1 is 1.44 bits per heavy atom. The third-order valence-corrected chi connectivity index (χ3v) is 2.82. The molecule has 0 atom stereocenters. The summed E-state index contributed by atoms with van der Waals surface area (Å²) < 4.78 is 4.98. The summed E-state index contributed by atoms with van der Waals surface area (Å²) in [5.74, 6) is -0.880. The summed E-state index contributed by atoms with van der Waals surface area (Å²) in [6, 6.07) is 1.69. The Labute approximate surface area is 108 Å². The van der Waals surface area contributed by atoms with Crippen LogP contribution in [0.15, 0.2) is 6.07 Å². The third-order valence-electron chi connectivity index (χ3n) is 2.82. The van der Waals surface area contributed by atoms with Crippen molar-refractivity contribution in [2.24, 2.45) is 0 Å². The first-order valence-electron chi connectivity index (χ1n) is 6.26. The lowest BCUT2D eigenvalue weighted by Crippen LogP contribution is -2.15. The Morgan fingerprint density at radius 2 is 2.22 bits per heavy atom. The highest BCUT2D eigenvalue weighted by Gasteiger charge is 2.10. The summed E-state index contributed by atoms with van der Waals surface area (Å²) in [5.41, 5.74) is 1.98. The molecule has 0 aliphatic carbocycles. The Balaban J connectivity index is 2.19. The van der Waals surface area contributed by atoms with Gasteiger partial charge in [0, 0.05) is 31.6 Å². The fraction of sp³-hybridized carbons (Fsp3) is 0.615. The number of hydrogen-bond donors (Lipinski definition) is 3. The number of carboxylic acids is 1. The predicted octanol–water partition coefficient (Wildman–Crippen LogP) is 1.93. The van der Waals surface area contributed by atoms with E-state index >= 15 is 0 Å². The molecule has 0 amide bonds. The van der Waals surface area contributed by atoms with Gasteiger partial charge in [-0.2, -0.15) is 0 Å². The van der Waals surface area contributed by atoms with Crippen molar-refractivity contribution in [3.63, 3.8) is 0 Å². The molecule has 0 unspecified atom stereocenters. The van der Waals surface area contributed by atoms with Crippen LogP contribution in [0.4, 0.5) is 0 Å². The van der Waals surface area contributed by atoms with Crippen molar-refractivity contribution in [2.75, 3.05) is 20.3 Å². The maximum Gasteiger partial charge on any atom is 0.337 e. The zero-order valence-corrected chi connectivity index (χ0v) is 11.1. The Kier molecular flexibility index (Phi) is 6.46. The zero-order chi connectivity index (χ0) is 13.4. The minimum Gasteiger partial charge on any atom is -0.478 e. The molecule has 0 radical (unpaired) electrons. The lowest BCUT2D eigenvalue weighted by atomic mass is 10.2. The molecule has 0 aromatic carbocycles. The van der Waals surface area contributed by atoms with Gasteiger partial charge in [0.15, 0.2) is 0 Å². The number of unbranched alkanes of at least 4 members (excludes halogenated alkanes) is 2. The quantitative estimate of drug-likeness (QED) is 0.589. The summed E-state index contributed by atoms with van der Waals surface area (Å²) >= 11 is 0. The van der Waals surface area contributed by atoms with Crippen molar-refractivity contribution in [1.29, 1.82) is 0 Å². The average molecular weight is 254 g/mol. The number of rotatable bonds is 9. The van der Waals surface area contributed by atoms with Crippen molar-refractivity contribution in [1.82, 2.24) is 10.3 Å². The van der Waals surface area contributed by atoms with Gasteiger partial charge >= 0.3 is 5.97 Å². The molecule has 0 aliphatic rings. The largest absolute Gasteiger partial charge is 0.478 e. The van der Waals surface area contributed by atoms with Gasteiger partial charge in [-0.1, -0.05) is 0 Å². The second-order valence-electron chi connectivity index (χ2n) is 4.37. The molecule has 0 fully saturated rings. The second kappa shape index (κ2) is 7.89. The second-order valence-corrected chi connectivity index (χ2v) is 4.37. The van der Waals surface area contributed by atoms with Crippen molar-refractivity contribution < 1.29 is 14.6 Å². The molecule has 5 nitrogen and oxygen atoms in total. The van der Waals surface area contributed by atoms with Crippen molar-refractivity contribution in [2.45, 2.75) is 32.7 Å². The molecule has 0 spiro atoms. The maximum absolute atomic E-state index is 10.9. The van der Waals surface area contributed by atoms with Crippen LogP contribution in [-0.2, 0) is 11.3 Å². The average Bonchev–Trinajstić information content (AvgIpc) is 2.69. The normalized spacial score (nSPS) is 10.8. The van der Waals surface area contributed by atoms with E-state index in [1.807, 2.05) is 0 Å². The SMILES string of the molecule is COCCCCCNCc1cc(C(=O)O)c(C)[nH]1. The topological polar surface area (TPSA) is 74.3 Å². The monoisotopic (exact) mass is 254 g/mol. The van der Waals surface area contributed by atoms with E-state index in [1.165, 1.54) is 0 Å². The van der Waals surface area contributed by atoms with Gasteiger partial charge in [-0.25, -0.2) is 4.79 Å². The summed E-state index contributed by atoms with van der Waals surface area (Å²) in [4.78, 5) is 13.9. The van der Waals surface area contributed by atoms with Gasteiger partial charge < -0.3 is 20.1 Å². The van der Waals surface area contributed by atoms with Gasteiger partial charge in [0.05, 0.1) is 5.56 Å². The molecule has 18 heavy (non-hydrogen) atoms. The number of carboxylic acid groups (broad SMARTS) is 1. The number of ether oxygens (including phenoxy) is 1. The van der Waals surface area contributed by atoms with Crippen LogP contribution in [0, 0.1) is 6.92 Å². The summed E-state index contributed by atoms with van der Waals surface area (Å²) in [6.45, 7) is 4.21. The molecule has 0 aliphatic heterocycles. The van der Waals surface area contributed by atoms with Gasteiger partial charge in [-0.15, -0.1) is 0 Å². The van der Waals surface area contributed by atoms with E-state index in [9.17, 15) is 4.79 Å². The first kappa shape index (κ1) is 14.7. The van der Waals surface area contributed by atoms with Gasteiger partial charge in [0.2, 0.25) is 0 Å². The van der Waals surface area contributed by atoms with E-state index < -0.39 is 5.97 Å². The molecule has 1 heterocycles. The van der Waals surface area contributed by atoms with Crippen molar-refractivity contribution >= 4 is 5.97 Å². The fourth-order valence-electron chi connectivity index (χ4n) is 1.84. The molecule has 0 bridgehead atoms. The number of aromatic carboxylic acids is 1. The molecule has 102 valence electrons. The molecule has 1 aromatic rings. The minimum absolute atomic E-state index is 0.354. The highest BCUT2D eigenvalue weighted by molar-refractivity contribution is 5.89. The van der Waals surface area contributed by atoms with E-state index in [-0.39, 0.29) is 0 Å². The smallest absolute Gasteiger partial charge is 0.337 e. The number of H-pyrrole nitrogens is 1. The third kappa shape index (κ3) is 4.89. The molecule has 0 saturated carbocycles. The van der Waals surface area contributed by atoms with E-state index in [4.69, 9.17) is 9.84 Å². The van der Waals surface area contributed by atoms with E-state index in [0.717, 1.165) is 38.1 Å². The maximum atomic E-state index is 10.9. The molecule has 1 rings (SSSR count). The summed E-state index contributed by atoms with van der Waals surface area (Å²) in [5, 5.41) is 12.2. The van der Waals surface area contributed by atoms with Gasteiger partial charge in [-0.3, -0.25) is 0 Å². The predicted molar refractivity (Wildman–Crippen MR) is 69.9 cm³/mol. The standard InChI is InChI=1S/C13H22N2O3/c1-10-12(13(16)17)8-11(15-10)9-14-6-4-3-5-7-18-2/h8,14-15H,3-7,9H2,1-2H3,(H,16,17). The van der Waals surface area contributed by atoms with Crippen molar-refractivity contribution in [3.8, 4) is 0 Å². The van der Waals surface area contributed by atoms with Crippen molar-refractivity contribution in [3.05, 3.63) is 23.0 Å². The van der Waals surface area contributed by atoms with Crippen LogP contribution in [0.2, 0.25) is 0 Å². The first-order chi connectivity index (χ1) is 8.65. The zero-order valence-electron chi connectivity index (χ0n) is 11.1. The molecule has 0 saturated heterocycles. The lowest BCUT2D eigenvalue weighted by molar-refractivity contribution is 0.0696. The highest BCUT2D eigenvalue weighted by Crippen LogP contribution is 2.09. The number of carbonyl (C=O) groups is 1. The van der Waals surface area contributed by atoms with Gasteiger partial charge in [0.25, 0.3) is 0 Å². The first-order valence-corrected chi connectivity index (χ1v) is 6.26. The lowest BCUT2D eigenvalue weighted by Gasteiger charge is -2.03. The molecule has 1 aromatic heterocycles. The number of aromatic nitrogens is 1. The fourth-order valence-corrected chi connectivity index (χ4v) is 1.84. The number of nitrogens with one attached hydrogen (secondary N) is 2.